The zero-order valence-corrected chi connectivity index (χ0v) is 11.5. The van der Waals surface area contributed by atoms with Crippen molar-refractivity contribution in [2.24, 2.45) is 0 Å². The van der Waals surface area contributed by atoms with Crippen molar-refractivity contribution in [3.8, 4) is 0 Å². The van der Waals surface area contributed by atoms with Crippen LogP contribution in [0.5, 0.6) is 0 Å². The van der Waals surface area contributed by atoms with Crippen LogP contribution in [0.1, 0.15) is 43.4 Å². The van der Waals surface area contributed by atoms with Crippen LogP contribution in [0.25, 0.3) is 0 Å². The summed E-state index contributed by atoms with van der Waals surface area (Å²) in [6.07, 6.45) is 3.23. The Morgan fingerprint density at radius 3 is 2.24 bits per heavy atom. The third-order valence-electron chi connectivity index (χ3n) is 2.83. The van der Waals surface area contributed by atoms with Gasteiger partial charge in [0.15, 0.2) is 0 Å². The maximum absolute atomic E-state index is 11.5. The molecular weight excluding hydrogens is 236 g/mol. The fourth-order valence-electron chi connectivity index (χ4n) is 2.08. The predicted molar refractivity (Wildman–Crippen MR) is 69.0 cm³/mol. The highest BCUT2D eigenvalue weighted by Crippen LogP contribution is 2.24. The van der Waals surface area contributed by atoms with Gasteiger partial charge in [-0.1, -0.05) is 38.0 Å². The molecule has 0 aliphatic rings. The van der Waals surface area contributed by atoms with Gasteiger partial charge < -0.3 is 0 Å². The molecule has 0 spiro atoms. The molecule has 1 N–H and O–H groups in total. The average molecular weight is 256 g/mol. The van der Waals surface area contributed by atoms with Crippen molar-refractivity contribution in [3.63, 3.8) is 0 Å². The predicted octanol–water partition coefficient (Wildman–Crippen LogP) is 3.15. The van der Waals surface area contributed by atoms with Gasteiger partial charge in [-0.05, 0) is 37.3 Å². The monoisotopic (exact) mass is 256 g/mol. The summed E-state index contributed by atoms with van der Waals surface area (Å²) in [5.41, 5.74) is 2.49. The van der Waals surface area contributed by atoms with E-state index < -0.39 is 10.1 Å². The molecule has 1 aromatic carbocycles. The van der Waals surface area contributed by atoms with Gasteiger partial charge in [-0.25, -0.2) is 0 Å². The maximum atomic E-state index is 11.5. The lowest BCUT2D eigenvalue weighted by atomic mass is 10.0. The Balaban J connectivity index is 3.39. The molecule has 3 nitrogen and oxygen atoms in total. The van der Waals surface area contributed by atoms with E-state index in [-0.39, 0.29) is 4.90 Å². The Morgan fingerprint density at radius 2 is 1.76 bits per heavy atom. The number of hydrogen-bond acceptors (Lipinski definition) is 2. The van der Waals surface area contributed by atoms with E-state index in [2.05, 4.69) is 6.92 Å². The van der Waals surface area contributed by atoms with E-state index >= 15 is 0 Å². The molecule has 17 heavy (non-hydrogen) atoms. The van der Waals surface area contributed by atoms with Crippen molar-refractivity contribution in [2.45, 2.75) is 51.3 Å². The van der Waals surface area contributed by atoms with E-state index in [0.717, 1.165) is 24.0 Å². The molecule has 0 amide bonds. The molecule has 0 fully saturated rings. The van der Waals surface area contributed by atoms with Crippen molar-refractivity contribution in [2.75, 3.05) is 0 Å². The molecule has 1 rings (SSSR count). The quantitative estimate of drug-likeness (QED) is 0.823. The first-order valence-corrected chi connectivity index (χ1v) is 7.44. The fourth-order valence-corrected chi connectivity index (χ4v) is 3.10. The molecule has 96 valence electrons. The zero-order chi connectivity index (χ0) is 13.1. The zero-order valence-electron chi connectivity index (χ0n) is 10.7. The Morgan fingerprint density at radius 1 is 1.18 bits per heavy atom. The van der Waals surface area contributed by atoms with Crippen LogP contribution >= 0.6 is 0 Å². The molecular formula is C13H20O3S. The second kappa shape index (κ2) is 5.65. The van der Waals surface area contributed by atoms with E-state index in [1.54, 1.807) is 0 Å². The van der Waals surface area contributed by atoms with Crippen molar-refractivity contribution in [3.05, 3.63) is 28.8 Å². The molecule has 0 radical (unpaired) electrons. The second-order valence-corrected chi connectivity index (χ2v) is 5.70. The van der Waals surface area contributed by atoms with Gasteiger partial charge in [0.25, 0.3) is 10.1 Å². The number of aryl methyl sites for hydroxylation is 3. The van der Waals surface area contributed by atoms with Gasteiger partial charge >= 0.3 is 0 Å². The van der Waals surface area contributed by atoms with Gasteiger partial charge in [0.05, 0.1) is 0 Å². The van der Waals surface area contributed by atoms with Crippen molar-refractivity contribution >= 4 is 10.1 Å². The third kappa shape index (κ3) is 3.54. The standard InChI is InChI=1S/C13H20O3S/c1-4-6-7-12-9-10(3)8-11(5-2)13(12)17(14,15)16/h8-9H,4-7H2,1-3H3,(H,14,15,16). The van der Waals surface area contributed by atoms with Gasteiger partial charge in [0.2, 0.25) is 0 Å². The minimum absolute atomic E-state index is 0.124. The molecule has 1 aromatic rings. The van der Waals surface area contributed by atoms with Crippen LogP contribution in [0.4, 0.5) is 0 Å². The molecule has 0 aliphatic heterocycles. The first-order chi connectivity index (χ1) is 7.90. The number of rotatable bonds is 5. The average Bonchev–Trinajstić information content (AvgIpc) is 2.23. The highest BCUT2D eigenvalue weighted by atomic mass is 32.2. The Hall–Kier alpha value is -0.870. The van der Waals surface area contributed by atoms with Crippen LogP contribution in [0, 0.1) is 6.92 Å². The fraction of sp³-hybridized carbons (Fsp3) is 0.538. The first kappa shape index (κ1) is 14.2. The van der Waals surface area contributed by atoms with E-state index in [1.807, 2.05) is 26.0 Å². The normalized spacial score (nSPS) is 11.8. The number of benzene rings is 1. The Kier molecular flexibility index (Phi) is 4.71. The minimum atomic E-state index is -4.12. The van der Waals surface area contributed by atoms with E-state index in [0.29, 0.717) is 18.4 Å². The second-order valence-electron chi connectivity index (χ2n) is 4.34. The van der Waals surface area contributed by atoms with Gasteiger partial charge in [-0.15, -0.1) is 0 Å². The molecule has 0 saturated carbocycles. The van der Waals surface area contributed by atoms with Gasteiger partial charge in [-0.3, -0.25) is 4.55 Å². The van der Waals surface area contributed by atoms with Crippen molar-refractivity contribution in [1.82, 2.24) is 0 Å². The highest BCUT2D eigenvalue weighted by molar-refractivity contribution is 7.86. The Labute approximate surface area is 104 Å². The van der Waals surface area contributed by atoms with E-state index in [9.17, 15) is 13.0 Å². The molecule has 0 aromatic heterocycles. The lowest BCUT2D eigenvalue weighted by Gasteiger charge is -2.12. The topological polar surface area (TPSA) is 54.4 Å². The lowest BCUT2D eigenvalue weighted by molar-refractivity contribution is 0.480. The summed E-state index contributed by atoms with van der Waals surface area (Å²) in [4.78, 5) is 0.124. The largest absolute Gasteiger partial charge is 0.295 e. The summed E-state index contributed by atoms with van der Waals surface area (Å²) in [6, 6.07) is 3.69. The molecule has 4 heteroatoms. The smallest absolute Gasteiger partial charge is 0.282 e. The summed E-state index contributed by atoms with van der Waals surface area (Å²) >= 11 is 0. The van der Waals surface area contributed by atoms with Crippen molar-refractivity contribution < 1.29 is 13.0 Å². The van der Waals surface area contributed by atoms with Gasteiger partial charge in [-0.2, -0.15) is 8.42 Å². The van der Waals surface area contributed by atoms with Gasteiger partial charge in [0.1, 0.15) is 4.90 Å². The van der Waals surface area contributed by atoms with Crippen LogP contribution < -0.4 is 0 Å². The molecule has 0 saturated heterocycles. The molecule has 0 bridgehead atoms. The summed E-state index contributed by atoms with van der Waals surface area (Å²) in [6.45, 7) is 5.90. The van der Waals surface area contributed by atoms with Crippen LogP contribution in [0.2, 0.25) is 0 Å². The van der Waals surface area contributed by atoms with Crippen LogP contribution in [-0.4, -0.2) is 13.0 Å². The highest BCUT2D eigenvalue weighted by Gasteiger charge is 2.19. The summed E-state index contributed by atoms with van der Waals surface area (Å²) < 4.78 is 32.3. The van der Waals surface area contributed by atoms with Crippen molar-refractivity contribution in [1.29, 1.82) is 0 Å². The van der Waals surface area contributed by atoms with E-state index in [1.165, 1.54) is 0 Å². The number of hydrogen-bond donors (Lipinski definition) is 1. The first-order valence-electron chi connectivity index (χ1n) is 6.00. The Bertz CT molecular complexity index is 490. The summed E-state index contributed by atoms with van der Waals surface area (Å²) in [5, 5.41) is 0. The molecule has 0 atom stereocenters. The maximum Gasteiger partial charge on any atom is 0.295 e. The van der Waals surface area contributed by atoms with Crippen LogP contribution in [0.15, 0.2) is 17.0 Å². The molecule has 0 heterocycles. The minimum Gasteiger partial charge on any atom is -0.282 e. The van der Waals surface area contributed by atoms with Crippen LogP contribution in [0.3, 0.4) is 0 Å². The molecule has 0 unspecified atom stereocenters. The van der Waals surface area contributed by atoms with Crippen LogP contribution in [-0.2, 0) is 23.0 Å². The lowest BCUT2D eigenvalue weighted by Crippen LogP contribution is -2.08. The van der Waals surface area contributed by atoms with E-state index in [4.69, 9.17) is 0 Å². The van der Waals surface area contributed by atoms with Gasteiger partial charge in [0, 0.05) is 0 Å². The summed E-state index contributed by atoms with van der Waals surface area (Å²) in [7, 11) is -4.12. The molecule has 0 aliphatic carbocycles. The SMILES string of the molecule is CCCCc1cc(C)cc(CC)c1S(=O)(=O)O. The third-order valence-corrected chi connectivity index (χ3v) is 3.87. The number of unbranched alkanes of at least 4 members (excludes halogenated alkanes) is 1. The summed E-state index contributed by atoms with van der Waals surface area (Å²) in [5.74, 6) is 0.